The standard InChI is InChI=1S/C19H13N3O/c1-2-14-6-5-7-15(12-14)22-19(23)11-10-16-13-20-17-8-3-4-9-18(17)21-16/h1,3-13H,(H,22,23)/b11-10+. The molecule has 1 aromatic heterocycles. The summed E-state index contributed by atoms with van der Waals surface area (Å²) in [7, 11) is 0. The summed E-state index contributed by atoms with van der Waals surface area (Å²) in [5.41, 5.74) is 3.60. The Bertz CT molecular complexity index is 938. The molecule has 110 valence electrons. The zero-order valence-corrected chi connectivity index (χ0v) is 12.2. The first-order valence-electron chi connectivity index (χ1n) is 7.02. The Balaban J connectivity index is 1.73. The molecule has 0 spiro atoms. The fraction of sp³-hybridized carbons (Fsp3) is 0. The van der Waals surface area contributed by atoms with Crippen molar-refractivity contribution in [2.75, 3.05) is 5.32 Å². The Labute approximate surface area is 133 Å². The first-order chi connectivity index (χ1) is 11.2. The van der Waals surface area contributed by atoms with Crippen LogP contribution in [0.15, 0.2) is 60.8 Å². The highest BCUT2D eigenvalue weighted by Crippen LogP contribution is 2.11. The Hall–Kier alpha value is -3.45. The molecule has 1 amide bonds. The number of rotatable bonds is 3. The summed E-state index contributed by atoms with van der Waals surface area (Å²) in [4.78, 5) is 20.7. The van der Waals surface area contributed by atoms with Gasteiger partial charge in [-0.1, -0.05) is 24.1 Å². The SMILES string of the molecule is C#Cc1cccc(NC(=O)/C=C/c2cnc3ccccc3n2)c1. The molecule has 1 N–H and O–H groups in total. The van der Waals surface area contributed by atoms with Gasteiger partial charge in [0.2, 0.25) is 5.91 Å². The Kier molecular flexibility index (Phi) is 4.12. The van der Waals surface area contributed by atoms with Gasteiger partial charge in [0.1, 0.15) is 0 Å². The lowest BCUT2D eigenvalue weighted by atomic mass is 10.2. The molecule has 0 saturated heterocycles. The number of carbonyl (C=O) groups excluding carboxylic acids is 1. The molecular formula is C19H13N3O. The van der Waals surface area contributed by atoms with E-state index >= 15 is 0 Å². The van der Waals surface area contributed by atoms with E-state index < -0.39 is 0 Å². The molecule has 0 aliphatic heterocycles. The van der Waals surface area contributed by atoms with Crippen LogP contribution in [0.3, 0.4) is 0 Å². The van der Waals surface area contributed by atoms with E-state index in [2.05, 4.69) is 21.2 Å². The van der Waals surface area contributed by atoms with Crippen molar-refractivity contribution in [2.45, 2.75) is 0 Å². The highest BCUT2D eigenvalue weighted by Gasteiger charge is 2.00. The summed E-state index contributed by atoms with van der Waals surface area (Å²) in [6.45, 7) is 0. The number of fused-ring (bicyclic) bond motifs is 1. The molecule has 3 aromatic rings. The number of nitrogens with zero attached hydrogens (tertiary/aromatic N) is 2. The van der Waals surface area contributed by atoms with Crippen molar-refractivity contribution in [3.8, 4) is 12.3 Å². The molecule has 2 aromatic carbocycles. The van der Waals surface area contributed by atoms with Gasteiger partial charge in [0.25, 0.3) is 0 Å². The number of para-hydroxylation sites is 2. The third-order valence-electron chi connectivity index (χ3n) is 3.17. The van der Waals surface area contributed by atoms with E-state index in [1.54, 1.807) is 36.5 Å². The third-order valence-corrected chi connectivity index (χ3v) is 3.17. The molecule has 4 nitrogen and oxygen atoms in total. The molecule has 4 heteroatoms. The molecule has 0 atom stereocenters. The predicted octanol–water partition coefficient (Wildman–Crippen LogP) is 3.26. The Morgan fingerprint density at radius 2 is 1.96 bits per heavy atom. The molecule has 0 unspecified atom stereocenters. The second-order valence-electron chi connectivity index (χ2n) is 4.83. The minimum absolute atomic E-state index is 0.255. The lowest BCUT2D eigenvalue weighted by Crippen LogP contribution is -2.07. The van der Waals surface area contributed by atoms with Crippen molar-refractivity contribution in [1.29, 1.82) is 0 Å². The normalized spacial score (nSPS) is 10.6. The number of nitrogens with one attached hydrogen (secondary N) is 1. The summed E-state index contributed by atoms with van der Waals surface area (Å²) in [5.74, 6) is 2.27. The number of benzene rings is 2. The number of anilines is 1. The van der Waals surface area contributed by atoms with Crippen molar-refractivity contribution in [1.82, 2.24) is 9.97 Å². The largest absolute Gasteiger partial charge is 0.322 e. The number of hydrogen-bond acceptors (Lipinski definition) is 3. The molecule has 0 radical (unpaired) electrons. The van der Waals surface area contributed by atoms with Gasteiger partial charge >= 0.3 is 0 Å². The van der Waals surface area contributed by atoms with Crippen LogP contribution in [0.25, 0.3) is 17.1 Å². The van der Waals surface area contributed by atoms with Crippen molar-refractivity contribution in [3.63, 3.8) is 0 Å². The van der Waals surface area contributed by atoms with Crippen LogP contribution >= 0.6 is 0 Å². The minimum Gasteiger partial charge on any atom is -0.322 e. The summed E-state index contributed by atoms with van der Waals surface area (Å²) in [5, 5.41) is 2.75. The van der Waals surface area contributed by atoms with Gasteiger partial charge in [0.05, 0.1) is 22.9 Å². The number of amides is 1. The van der Waals surface area contributed by atoms with Crippen molar-refractivity contribution < 1.29 is 4.79 Å². The second-order valence-corrected chi connectivity index (χ2v) is 4.83. The van der Waals surface area contributed by atoms with E-state index in [4.69, 9.17) is 6.42 Å². The molecule has 0 aliphatic rings. The summed E-state index contributed by atoms with van der Waals surface area (Å²) < 4.78 is 0. The lowest BCUT2D eigenvalue weighted by Gasteiger charge is -2.02. The molecule has 0 aliphatic carbocycles. The average Bonchev–Trinajstić information content (AvgIpc) is 2.60. The van der Waals surface area contributed by atoms with E-state index in [1.165, 1.54) is 6.08 Å². The first-order valence-corrected chi connectivity index (χ1v) is 7.02. The topological polar surface area (TPSA) is 54.9 Å². The minimum atomic E-state index is -0.255. The third kappa shape index (κ3) is 3.60. The summed E-state index contributed by atoms with van der Waals surface area (Å²) in [6, 6.07) is 14.7. The lowest BCUT2D eigenvalue weighted by molar-refractivity contribution is -0.111. The summed E-state index contributed by atoms with van der Waals surface area (Å²) >= 11 is 0. The maximum absolute atomic E-state index is 12.0. The monoisotopic (exact) mass is 299 g/mol. The molecule has 0 bridgehead atoms. The quantitative estimate of drug-likeness (QED) is 0.596. The van der Waals surface area contributed by atoms with Gasteiger partial charge in [-0.15, -0.1) is 6.42 Å². The van der Waals surface area contributed by atoms with Gasteiger partial charge in [-0.25, -0.2) is 4.98 Å². The van der Waals surface area contributed by atoms with E-state index in [9.17, 15) is 4.79 Å². The smallest absolute Gasteiger partial charge is 0.248 e. The fourth-order valence-electron chi connectivity index (χ4n) is 2.08. The van der Waals surface area contributed by atoms with Crippen LogP contribution in [0, 0.1) is 12.3 Å². The van der Waals surface area contributed by atoms with Crippen molar-refractivity contribution >= 4 is 28.7 Å². The van der Waals surface area contributed by atoms with E-state index in [1.807, 2.05) is 24.3 Å². The fourth-order valence-corrected chi connectivity index (χ4v) is 2.08. The van der Waals surface area contributed by atoms with Crippen molar-refractivity contribution in [2.24, 2.45) is 0 Å². The van der Waals surface area contributed by atoms with Gasteiger partial charge in [-0.3, -0.25) is 9.78 Å². The molecular weight excluding hydrogens is 286 g/mol. The number of carbonyl (C=O) groups is 1. The maximum atomic E-state index is 12.0. The van der Waals surface area contributed by atoms with Crippen LogP contribution in [0.2, 0.25) is 0 Å². The highest BCUT2D eigenvalue weighted by molar-refractivity contribution is 6.01. The van der Waals surface area contributed by atoms with E-state index in [-0.39, 0.29) is 5.91 Å². The zero-order valence-electron chi connectivity index (χ0n) is 12.2. The van der Waals surface area contributed by atoms with Gasteiger partial charge in [0.15, 0.2) is 0 Å². The molecule has 1 heterocycles. The van der Waals surface area contributed by atoms with Crippen LogP contribution < -0.4 is 5.32 Å². The molecule has 0 saturated carbocycles. The maximum Gasteiger partial charge on any atom is 0.248 e. The second kappa shape index (κ2) is 6.54. The van der Waals surface area contributed by atoms with Crippen LogP contribution in [0.4, 0.5) is 5.69 Å². The van der Waals surface area contributed by atoms with Crippen LogP contribution in [-0.2, 0) is 4.79 Å². The number of aromatic nitrogens is 2. The van der Waals surface area contributed by atoms with Gasteiger partial charge < -0.3 is 5.32 Å². The number of hydrogen-bond donors (Lipinski definition) is 1. The van der Waals surface area contributed by atoms with E-state index in [0.29, 0.717) is 16.9 Å². The highest BCUT2D eigenvalue weighted by atomic mass is 16.1. The van der Waals surface area contributed by atoms with Gasteiger partial charge in [-0.05, 0) is 36.4 Å². The van der Waals surface area contributed by atoms with Crippen LogP contribution in [0.1, 0.15) is 11.3 Å². The summed E-state index contributed by atoms with van der Waals surface area (Å²) in [6.07, 6.45) is 10.0. The Morgan fingerprint density at radius 3 is 2.78 bits per heavy atom. The number of terminal acetylenes is 1. The van der Waals surface area contributed by atoms with Gasteiger partial charge in [-0.2, -0.15) is 0 Å². The van der Waals surface area contributed by atoms with E-state index in [0.717, 1.165) is 11.0 Å². The van der Waals surface area contributed by atoms with Crippen molar-refractivity contribution in [3.05, 3.63) is 72.1 Å². The molecule has 0 fully saturated rings. The van der Waals surface area contributed by atoms with Crippen LogP contribution in [-0.4, -0.2) is 15.9 Å². The molecule has 3 rings (SSSR count). The van der Waals surface area contributed by atoms with Gasteiger partial charge in [0, 0.05) is 17.3 Å². The van der Waals surface area contributed by atoms with Crippen LogP contribution in [0.5, 0.6) is 0 Å². The first kappa shape index (κ1) is 14.5. The Morgan fingerprint density at radius 1 is 1.13 bits per heavy atom. The molecule has 23 heavy (non-hydrogen) atoms. The average molecular weight is 299 g/mol. The zero-order chi connectivity index (χ0) is 16.1. The predicted molar refractivity (Wildman–Crippen MR) is 91.6 cm³/mol.